The maximum atomic E-state index is 12.9. The van der Waals surface area contributed by atoms with Crippen LogP contribution in [0.3, 0.4) is 0 Å². The van der Waals surface area contributed by atoms with Gasteiger partial charge in [0.1, 0.15) is 0 Å². The molecule has 1 fully saturated rings. The van der Waals surface area contributed by atoms with Gasteiger partial charge in [-0.1, -0.05) is 17.7 Å². The highest BCUT2D eigenvalue weighted by molar-refractivity contribution is 6.31. The Morgan fingerprint density at radius 3 is 2.56 bits per heavy atom. The van der Waals surface area contributed by atoms with Gasteiger partial charge < -0.3 is 10.2 Å². The fourth-order valence-corrected chi connectivity index (χ4v) is 3.19. The number of halogens is 5. The van der Waals surface area contributed by atoms with Gasteiger partial charge in [0.15, 0.2) is 0 Å². The standard InChI is InChI=1S/C17H22ClF3N2O.ClH/c1-12-14(4-2-5-15(12)18)16(24)23(11-3-8-17(19,20)21)13-6-9-22-10-7-13;/h2,4-5,13,22H,3,6-11H2,1H3;1H. The Balaban J connectivity index is 0.00000312. The number of hydrogen-bond acceptors (Lipinski definition) is 2. The quantitative estimate of drug-likeness (QED) is 0.785. The minimum Gasteiger partial charge on any atom is -0.336 e. The molecule has 0 saturated carbocycles. The van der Waals surface area contributed by atoms with Gasteiger partial charge >= 0.3 is 6.18 Å². The van der Waals surface area contributed by atoms with Crippen LogP contribution >= 0.6 is 24.0 Å². The molecule has 8 heteroatoms. The van der Waals surface area contributed by atoms with Crippen molar-refractivity contribution in [1.29, 1.82) is 0 Å². The molecule has 3 nitrogen and oxygen atoms in total. The van der Waals surface area contributed by atoms with Crippen LogP contribution in [0.1, 0.15) is 41.6 Å². The van der Waals surface area contributed by atoms with Gasteiger partial charge in [0.25, 0.3) is 5.91 Å². The first-order valence-electron chi connectivity index (χ1n) is 8.13. The number of carbonyl (C=O) groups excluding carboxylic acids is 1. The van der Waals surface area contributed by atoms with E-state index < -0.39 is 12.6 Å². The number of carbonyl (C=O) groups is 1. The lowest BCUT2D eigenvalue weighted by Gasteiger charge is -2.35. The van der Waals surface area contributed by atoms with E-state index in [1.54, 1.807) is 30.0 Å². The number of nitrogens with zero attached hydrogens (tertiary/aromatic N) is 1. The molecule has 0 aliphatic carbocycles. The van der Waals surface area contributed by atoms with Crippen molar-refractivity contribution in [3.8, 4) is 0 Å². The maximum Gasteiger partial charge on any atom is 0.389 e. The smallest absolute Gasteiger partial charge is 0.336 e. The summed E-state index contributed by atoms with van der Waals surface area (Å²) in [6.45, 7) is 3.39. The van der Waals surface area contributed by atoms with Crippen LogP contribution in [0.2, 0.25) is 5.02 Å². The average Bonchev–Trinajstić information content (AvgIpc) is 2.53. The first-order chi connectivity index (χ1) is 11.3. The number of alkyl halides is 3. The van der Waals surface area contributed by atoms with Gasteiger partial charge in [-0.2, -0.15) is 13.2 Å². The molecule has 142 valence electrons. The maximum absolute atomic E-state index is 12.9. The van der Waals surface area contributed by atoms with Crippen LogP contribution in [-0.4, -0.2) is 42.7 Å². The van der Waals surface area contributed by atoms with Gasteiger partial charge in [-0.05, 0) is 57.0 Å². The van der Waals surface area contributed by atoms with Crippen LogP contribution < -0.4 is 5.32 Å². The van der Waals surface area contributed by atoms with E-state index in [0.717, 1.165) is 25.9 Å². The first-order valence-corrected chi connectivity index (χ1v) is 8.51. The second-order valence-electron chi connectivity index (χ2n) is 6.11. The Labute approximate surface area is 157 Å². The SMILES string of the molecule is Cc1c(Cl)cccc1C(=O)N(CCCC(F)(F)F)C1CCNCC1.Cl. The van der Waals surface area contributed by atoms with Gasteiger partial charge in [0.05, 0.1) is 0 Å². The second-order valence-corrected chi connectivity index (χ2v) is 6.52. The third-order valence-corrected chi connectivity index (χ3v) is 4.78. The van der Waals surface area contributed by atoms with E-state index in [1.165, 1.54) is 0 Å². The van der Waals surface area contributed by atoms with Crippen molar-refractivity contribution in [3.63, 3.8) is 0 Å². The van der Waals surface area contributed by atoms with Gasteiger partial charge in [-0.3, -0.25) is 4.79 Å². The topological polar surface area (TPSA) is 32.3 Å². The average molecular weight is 399 g/mol. The third kappa shape index (κ3) is 6.35. The Bertz CT molecular complexity index is 576. The summed E-state index contributed by atoms with van der Waals surface area (Å²) < 4.78 is 37.4. The third-order valence-electron chi connectivity index (χ3n) is 4.37. The van der Waals surface area contributed by atoms with Crippen molar-refractivity contribution in [2.45, 2.75) is 44.8 Å². The zero-order chi connectivity index (χ0) is 17.7. The molecular weight excluding hydrogens is 376 g/mol. The molecule has 0 spiro atoms. The van der Waals surface area contributed by atoms with Gasteiger partial charge in [0.2, 0.25) is 0 Å². The van der Waals surface area contributed by atoms with Crippen LogP contribution in [0.15, 0.2) is 18.2 Å². The van der Waals surface area contributed by atoms with Crippen molar-refractivity contribution in [2.75, 3.05) is 19.6 Å². The number of amides is 1. The summed E-state index contributed by atoms with van der Waals surface area (Å²) in [7, 11) is 0. The minimum absolute atomic E-state index is 0. The van der Waals surface area contributed by atoms with Crippen LogP contribution in [0.25, 0.3) is 0 Å². The first kappa shape index (κ1) is 22.1. The van der Waals surface area contributed by atoms with E-state index in [-0.39, 0.29) is 37.3 Å². The summed E-state index contributed by atoms with van der Waals surface area (Å²) in [6.07, 6.45) is -3.67. The Morgan fingerprint density at radius 1 is 1.32 bits per heavy atom. The zero-order valence-corrected chi connectivity index (χ0v) is 15.6. The number of rotatable bonds is 5. The fourth-order valence-electron chi connectivity index (χ4n) is 3.01. The molecule has 1 aromatic rings. The molecule has 0 atom stereocenters. The molecule has 1 N–H and O–H groups in total. The minimum atomic E-state index is -4.20. The predicted molar refractivity (Wildman–Crippen MR) is 95.7 cm³/mol. The highest BCUT2D eigenvalue weighted by Crippen LogP contribution is 2.25. The van der Waals surface area contributed by atoms with E-state index in [2.05, 4.69) is 5.32 Å². The molecule has 1 amide bonds. The molecular formula is C17H23Cl2F3N2O. The summed E-state index contributed by atoms with van der Waals surface area (Å²) in [4.78, 5) is 14.5. The summed E-state index contributed by atoms with van der Waals surface area (Å²) in [5.41, 5.74) is 1.13. The number of hydrogen-bond donors (Lipinski definition) is 1. The van der Waals surface area contributed by atoms with Crippen molar-refractivity contribution < 1.29 is 18.0 Å². The van der Waals surface area contributed by atoms with Crippen LogP contribution in [0.5, 0.6) is 0 Å². The van der Waals surface area contributed by atoms with Crippen molar-refractivity contribution in [3.05, 3.63) is 34.3 Å². The Morgan fingerprint density at radius 2 is 1.96 bits per heavy atom. The van der Waals surface area contributed by atoms with Gasteiger partial charge in [-0.25, -0.2) is 0 Å². The molecule has 1 heterocycles. The zero-order valence-electron chi connectivity index (χ0n) is 14.0. The number of piperidine rings is 1. The summed E-state index contributed by atoms with van der Waals surface area (Å²) in [5, 5.41) is 3.70. The molecule has 0 radical (unpaired) electrons. The molecule has 1 aromatic carbocycles. The van der Waals surface area contributed by atoms with Crippen LogP contribution in [0.4, 0.5) is 13.2 Å². The normalized spacial score (nSPS) is 15.6. The largest absolute Gasteiger partial charge is 0.389 e. The summed E-state index contributed by atoms with van der Waals surface area (Å²) >= 11 is 6.08. The van der Waals surface area contributed by atoms with Crippen molar-refractivity contribution in [1.82, 2.24) is 10.2 Å². The number of nitrogens with one attached hydrogen (secondary N) is 1. The van der Waals surface area contributed by atoms with Crippen LogP contribution in [0, 0.1) is 6.92 Å². The molecule has 2 rings (SSSR count). The summed E-state index contributed by atoms with van der Waals surface area (Å²) in [6, 6.07) is 5.04. The van der Waals surface area contributed by atoms with E-state index in [9.17, 15) is 18.0 Å². The van der Waals surface area contributed by atoms with Gasteiger partial charge in [-0.15, -0.1) is 12.4 Å². The molecule has 1 aliphatic rings. The summed E-state index contributed by atoms with van der Waals surface area (Å²) in [5.74, 6) is -0.232. The molecule has 25 heavy (non-hydrogen) atoms. The van der Waals surface area contributed by atoms with E-state index in [0.29, 0.717) is 16.1 Å². The molecule has 0 aromatic heterocycles. The van der Waals surface area contributed by atoms with Crippen LogP contribution in [-0.2, 0) is 0 Å². The molecule has 0 bridgehead atoms. The second kappa shape index (κ2) is 9.64. The fraction of sp³-hybridized carbons (Fsp3) is 0.588. The Kier molecular flexibility index (Phi) is 8.51. The van der Waals surface area contributed by atoms with E-state index >= 15 is 0 Å². The molecule has 0 unspecified atom stereocenters. The highest BCUT2D eigenvalue weighted by atomic mass is 35.5. The van der Waals surface area contributed by atoms with E-state index in [1.807, 2.05) is 0 Å². The molecule has 1 aliphatic heterocycles. The predicted octanol–water partition coefficient (Wildman–Crippen LogP) is 4.61. The lowest BCUT2D eigenvalue weighted by atomic mass is 10.0. The molecule has 1 saturated heterocycles. The lowest BCUT2D eigenvalue weighted by molar-refractivity contribution is -0.136. The van der Waals surface area contributed by atoms with Crippen molar-refractivity contribution in [2.24, 2.45) is 0 Å². The Hall–Kier alpha value is -0.980. The number of benzene rings is 1. The highest BCUT2D eigenvalue weighted by Gasteiger charge is 2.30. The monoisotopic (exact) mass is 398 g/mol. The lowest BCUT2D eigenvalue weighted by Crippen LogP contribution is -2.46. The van der Waals surface area contributed by atoms with E-state index in [4.69, 9.17) is 11.6 Å². The van der Waals surface area contributed by atoms with Crippen molar-refractivity contribution >= 4 is 29.9 Å². The van der Waals surface area contributed by atoms with Gasteiger partial charge in [0, 0.05) is 29.6 Å².